The number of benzene rings is 1. The fourth-order valence-electron chi connectivity index (χ4n) is 3.12. The number of carbonyl (C=O) groups excluding carboxylic acids is 2. The minimum atomic E-state index is -0.278. The average Bonchev–Trinajstić information content (AvgIpc) is 3.06. The zero-order chi connectivity index (χ0) is 18.4. The van der Waals surface area contributed by atoms with Crippen molar-refractivity contribution in [2.75, 3.05) is 18.5 Å². The van der Waals surface area contributed by atoms with Crippen LogP contribution in [0.2, 0.25) is 0 Å². The van der Waals surface area contributed by atoms with E-state index in [9.17, 15) is 9.59 Å². The molecule has 5 nitrogen and oxygen atoms in total. The second-order valence-corrected chi connectivity index (χ2v) is 7.28. The van der Waals surface area contributed by atoms with Crippen molar-refractivity contribution in [2.24, 2.45) is 0 Å². The van der Waals surface area contributed by atoms with E-state index in [-0.39, 0.29) is 24.3 Å². The Balaban J connectivity index is 1.98. The van der Waals surface area contributed by atoms with Gasteiger partial charge in [-0.05, 0) is 35.8 Å². The molecule has 1 aromatic rings. The SMILES string of the molecule is CC(C)c1cccc(C(C)C)c1NC(=O)CC(=O)NCC1CCCO1. The number of hydrogen-bond donors (Lipinski definition) is 2. The Hall–Kier alpha value is -1.88. The number of rotatable bonds is 7. The molecule has 0 bridgehead atoms. The molecule has 5 heteroatoms. The predicted molar refractivity (Wildman–Crippen MR) is 99.9 cm³/mol. The van der Waals surface area contributed by atoms with Crippen LogP contribution in [0.1, 0.15) is 69.9 Å². The molecule has 1 atom stereocenters. The summed E-state index contributed by atoms with van der Waals surface area (Å²) in [6, 6.07) is 6.09. The monoisotopic (exact) mass is 346 g/mol. The first-order valence-corrected chi connectivity index (χ1v) is 9.19. The van der Waals surface area contributed by atoms with Crippen LogP contribution in [0.3, 0.4) is 0 Å². The Kier molecular flexibility index (Phi) is 7.00. The number of nitrogens with one attached hydrogen (secondary N) is 2. The van der Waals surface area contributed by atoms with Crippen molar-refractivity contribution in [3.63, 3.8) is 0 Å². The van der Waals surface area contributed by atoms with Gasteiger partial charge < -0.3 is 15.4 Å². The minimum Gasteiger partial charge on any atom is -0.376 e. The zero-order valence-corrected chi connectivity index (χ0v) is 15.7. The normalized spacial score (nSPS) is 17.1. The quantitative estimate of drug-likeness (QED) is 0.742. The van der Waals surface area contributed by atoms with Crippen LogP contribution in [0, 0.1) is 0 Å². The van der Waals surface area contributed by atoms with Crippen LogP contribution in [0.15, 0.2) is 18.2 Å². The highest BCUT2D eigenvalue weighted by molar-refractivity contribution is 6.04. The fraction of sp³-hybridized carbons (Fsp3) is 0.600. The van der Waals surface area contributed by atoms with Gasteiger partial charge in [0.05, 0.1) is 6.10 Å². The summed E-state index contributed by atoms with van der Waals surface area (Å²) in [5.41, 5.74) is 3.04. The molecular weight excluding hydrogens is 316 g/mol. The number of anilines is 1. The zero-order valence-electron chi connectivity index (χ0n) is 15.7. The summed E-state index contributed by atoms with van der Waals surface area (Å²) in [4.78, 5) is 24.4. The first-order chi connectivity index (χ1) is 11.9. The fourth-order valence-corrected chi connectivity index (χ4v) is 3.12. The van der Waals surface area contributed by atoms with Crippen molar-refractivity contribution in [1.29, 1.82) is 0 Å². The van der Waals surface area contributed by atoms with E-state index in [1.807, 2.05) is 18.2 Å². The lowest BCUT2D eigenvalue weighted by atomic mass is 9.92. The van der Waals surface area contributed by atoms with Crippen LogP contribution in [-0.4, -0.2) is 31.1 Å². The largest absolute Gasteiger partial charge is 0.376 e. The van der Waals surface area contributed by atoms with Gasteiger partial charge in [0.2, 0.25) is 11.8 Å². The van der Waals surface area contributed by atoms with Gasteiger partial charge in [-0.3, -0.25) is 9.59 Å². The molecule has 1 heterocycles. The number of amides is 2. The molecule has 1 aliphatic rings. The molecule has 1 saturated heterocycles. The topological polar surface area (TPSA) is 67.4 Å². The molecule has 25 heavy (non-hydrogen) atoms. The van der Waals surface area contributed by atoms with Gasteiger partial charge in [0, 0.05) is 18.8 Å². The molecule has 0 spiro atoms. The van der Waals surface area contributed by atoms with Gasteiger partial charge >= 0.3 is 0 Å². The van der Waals surface area contributed by atoms with Crippen LogP contribution in [-0.2, 0) is 14.3 Å². The van der Waals surface area contributed by atoms with Crippen LogP contribution in [0.5, 0.6) is 0 Å². The van der Waals surface area contributed by atoms with Gasteiger partial charge in [-0.2, -0.15) is 0 Å². The molecule has 1 unspecified atom stereocenters. The van der Waals surface area contributed by atoms with E-state index >= 15 is 0 Å². The standard InChI is InChI=1S/C20H30N2O3/c1-13(2)16-8-5-9-17(14(3)4)20(16)22-19(24)11-18(23)21-12-15-7-6-10-25-15/h5,8-9,13-15H,6-7,10-12H2,1-4H3,(H,21,23)(H,22,24). The van der Waals surface area contributed by atoms with Gasteiger partial charge in [0.15, 0.2) is 0 Å². The smallest absolute Gasteiger partial charge is 0.233 e. The van der Waals surface area contributed by atoms with Crippen LogP contribution in [0.4, 0.5) is 5.69 Å². The summed E-state index contributed by atoms with van der Waals surface area (Å²) >= 11 is 0. The van der Waals surface area contributed by atoms with Gasteiger partial charge in [-0.1, -0.05) is 45.9 Å². The van der Waals surface area contributed by atoms with E-state index < -0.39 is 0 Å². The minimum absolute atomic E-state index is 0.0845. The lowest BCUT2D eigenvalue weighted by molar-refractivity contribution is -0.127. The molecule has 0 aromatic heterocycles. The molecule has 1 fully saturated rings. The molecule has 138 valence electrons. The molecule has 2 amide bonds. The number of carbonyl (C=O) groups is 2. The van der Waals surface area contributed by atoms with E-state index in [0.717, 1.165) is 36.3 Å². The van der Waals surface area contributed by atoms with E-state index in [4.69, 9.17) is 4.74 Å². The number of hydrogen-bond acceptors (Lipinski definition) is 3. The second kappa shape index (κ2) is 8.99. The van der Waals surface area contributed by atoms with Crippen molar-refractivity contribution in [1.82, 2.24) is 5.32 Å². The number of ether oxygens (including phenoxy) is 1. The Bertz CT molecular complexity index is 579. The lowest BCUT2D eigenvalue weighted by Gasteiger charge is -2.20. The Morgan fingerprint density at radius 1 is 1.12 bits per heavy atom. The van der Waals surface area contributed by atoms with Crippen molar-refractivity contribution in [3.8, 4) is 0 Å². The van der Waals surface area contributed by atoms with Gasteiger partial charge in [0.1, 0.15) is 6.42 Å². The highest BCUT2D eigenvalue weighted by atomic mass is 16.5. The summed E-state index contributed by atoms with van der Waals surface area (Å²) in [5.74, 6) is 0.0469. The second-order valence-electron chi connectivity index (χ2n) is 7.28. The van der Waals surface area contributed by atoms with E-state index in [2.05, 4.69) is 38.3 Å². The van der Waals surface area contributed by atoms with E-state index in [1.54, 1.807) is 0 Å². The van der Waals surface area contributed by atoms with Crippen molar-refractivity contribution >= 4 is 17.5 Å². The molecule has 2 N–H and O–H groups in total. The highest BCUT2D eigenvalue weighted by Crippen LogP contribution is 2.32. The van der Waals surface area contributed by atoms with Crippen molar-refractivity contribution in [3.05, 3.63) is 29.3 Å². The Morgan fingerprint density at radius 3 is 2.28 bits per heavy atom. The van der Waals surface area contributed by atoms with E-state index in [0.29, 0.717) is 18.4 Å². The average molecular weight is 346 g/mol. The van der Waals surface area contributed by atoms with Crippen LogP contribution in [0.25, 0.3) is 0 Å². The maximum atomic E-state index is 12.4. The van der Waals surface area contributed by atoms with Crippen LogP contribution < -0.4 is 10.6 Å². The predicted octanol–water partition coefficient (Wildman–Crippen LogP) is 3.56. The molecule has 1 aliphatic heterocycles. The summed E-state index contributed by atoms with van der Waals surface area (Å²) in [5, 5.41) is 5.76. The maximum absolute atomic E-state index is 12.4. The first-order valence-electron chi connectivity index (χ1n) is 9.19. The molecule has 0 saturated carbocycles. The molecule has 0 radical (unpaired) electrons. The third-order valence-electron chi connectivity index (χ3n) is 4.51. The summed E-state index contributed by atoms with van der Waals surface area (Å²) < 4.78 is 5.47. The lowest BCUT2D eigenvalue weighted by Crippen LogP contribution is -2.34. The third kappa shape index (κ3) is 5.56. The van der Waals surface area contributed by atoms with Gasteiger partial charge in [-0.15, -0.1) is 0 Å². The molecule has 1 aromatic carbocycles. The van der Waals surface area contributed by atoms with Gasteiger partial charge in [0.25, 0.3) is 0 Å². The van der Waals surface area contributed by atoms with Crippen molar-refractivity contribution < 1.29 is 14.3 Å². The summed E-state index contributed by atoms with van der Waals surface area (Å²) in [7, 11) is 0. The third-order valence-corrected chi connectivity index (χ3v) is 4.51. The number of para-hydroxylation sites is 1. The maximum Gasteiger partial charge on any atom is 0.233 e. The van der Waals surface area contributed by atoms with Crippen molar-refractivity contribution in [2.45, 2.75) is 64.9 Å². The summed E-state index contributed by atoms with van der Waals surface area (Å²) in [6.07, 6.45) is 1.91. The summed E-state index contributed by atoms with van der Waals surface area (Å²) in [6.45, 7) is 9.64. The van der Waals surface area contributed by atoms with Crippen LogP contribution >= 0.6 is 0 Å². The van der Waals surface area contributed by atoms with E-state index in [1.165, 1.54) is 0 Å². The molecule has 2 rings (SSSR count). The Labute approximate surface area is 150 Å². The highest BCUT2D eigenvalue weighted by Gasteiger charge is 2.19. The first kappa shape index (κ1) is 19.4. The molecular formula is C20H30N2O3. The molecule has 0 aliphatic carbocycles. The Morgan fingerprint density at radius 2 is 1.76 bits per heavy atom. The van der Waals surface area contributed by atoms with Gasteiger partial charge in [-0.25, -0.2) is 0 Å².